The van der Waals surface area contributed by atoms with Crippen LogP contribution >= 0.6 is 0 Å². The van der Waals surface area contributed by atoms with E-state index in [9.17, 15) is 9.59 Å². The fourth-order valence-corrected chi connectivity index (χ4v) is 8.32. The van der Waals surface area contributed by atoms with E-state index in [0.29, 0.717) is 23.5 Å². The highest BCUT2D eigenvalue weighted by Crippen LogP contribution is 2.72. The Labute approximate surface area is 162 Å². The zero-order valence-electron chi connectivity index (χ0n) is 17.0. The summed E-state index contributed by atoms with van der Waals surface area (Å²) in [5.74, 6) is 2.02. The predicted octanol–water partition coefficient (Wildman–Crippen LogP) is 4.07. The van der Waals surface area contributed by atoms with Crippen molar-refractivity contribution in [3.8, 4) is 0 Å². The predicted molar refractivity (Wildman–Crippen MR) is 101 cm³/mol. The molecule has 1 heterocycles. The SMILES string of the molecule is CC(=O)O[C@@H]1C[C@H]2[C@@H]3CC[C@H](C(C)=O)[C@@]3(C)CC[C@@H]2[C@@]2(C)CC=C[C@H]3O[C@@]312. The zero-order valence-corrected chi connectivity index (χ0v) is 17.0. The summed E-state index contributed by atoms with van der Waals surface area (Å²) in [6, 6.07) is 0. The summed E-state index contributed by atoms with van der Waals surface area (Å²) in [5, 5.41) is 0. The minimum Gasteiger partial charge on any atom is -0.459 e. The quantitative estimate of drug-likeness (QED) is 0.416. The van der Waals surface area contributed by atoms with E-state index in [1.807, 2.05) is 0 Å². The highest BCUT2D eigenvalue weighted by Gasteiger charge is 2.78. The number of epoxide rings is 1. The molecule has 4 aliphatic carbocycles. The molecule has 1 aliphatic heterocycles. The van der Waals surface area contributed by atoms with Crippen LogP contribution in [0.3, 0.4) is 0 Å². The van der Waals surface area contributed by atoms with Crippen LogP contribution in [0.15, 0.2) is 12.2 Å². The lowest BCUT2D eigenvalue weighted by molar-refractivity contribution is -0.182. The summed E-state index contributed by atoms with van der Waals surface area (Å²) < 4.78 is 12.2. The monoisotopic (exact) mass is 372 g/mol. The van der Waals surface area contributed by atoms with Crippen LogP contribution in [0.2, 0.25) is 0 Å². The third-order valence-electron chi connectivity index (χ3n) is 9.45. The molecular formula is C23H32O4. The van der Waals surface area contributed by atoms with Gasteiger partial charge in [0.15, 0.2) is 0 Å². The molecule has 0 amide bonds. The van der Waals surface area contributed by atoms with Gasteiger partial charge in [-0.05, 0) is 68.6 Å². The lowest BCUT2D eigenvalue weighted by Gasteiger charge is -2.60. The Hall–Kier alpha value is -1.16. The van der Waals surface area contributed by atoms with Gasteiger partial charge in [-0.25, -0.2) is 0 Å². The molecule has 4 fully saturated rings. The molecule has 3 saturated carbocycles. The third-order valence-corrected chi connectivity index (χ3v) is 9.45. The molecule has 4 nitrogen and oxygen atoms in total. The Kier molecular flexibility index (Phi) is 3.62. The van der Waals surface area contributed by atoms with E-state index in [-0.39, 0.29) is 40.5 Å². The van der Waals surface area contributed by atoms with E-state index in [1.165, 1.54) is 6.92 Å². The number of ketones is 1. The van der Waals surface area contributed by atoms with Gasteiger partial charge in [0.2, 0.25) is 0 Å². The first-order valence-corrected chi connectivity index (χ1v) is 10.8. The van der Waals surface area contributed by atoms with Crippen molar-refractivity contribution in [3.63, 3.8) is 0 Å². The first-order valence-electron chi connectivity index (χ1n) is 10.8. The summed E-state index contributed by atoms with van der Waals surface area (Å²) in [7, 11) is 0. The van der Waals surface area contributed by atoms with Gasteiger partial charge in [-0.1, -0.05) is 26.0 Å². The van der Waals surface area contributed by atoms with Crippen molar-refractivity contribution in [2.75, 3.05) is 0 Å². The number of fused-ring (bicyclic) bond motifs is 4. The largest absolute Gasteiger partial charge is 0.459 e. The number of Topliss-reactive ketones (excluding diaryl/α,β-unsaturated/α-hetero) is 1. The summed E-state index contributed by atoms with van der Waals surface area (Å²) in [6.07, 6.45) is 10.8. The van der Waals surface area contributed by atoms with E-state index in [2.05, 4.69) is 26.0 Å². The van der Waals surface area contributed by atoms with E-state index < -0.39 is 0 Å². The van der Waals surface area contributed by atoms with Crippen LogP contribution in [0.4, 0.5) is 0 Å². The maximum absolute atomic E-state index is 12.3. The average molecular weight is 373 g/mol. The highest BCUT2D eigenvalue weighted by molar-refractivity contribution is 5.79. The molecular weight excluding hydrogens is 340 g/mol. The van der Waals surface area contributed by atoms with Gasteiger partial charge >= 0.3 is 5.97 Å². The number of ether oxygens (including phenoxy) is 2. The second kappa shape index (κ2) is 5.46. The minimum absolute atomic E-state index is 0.0189. The van der Waals surface area contributed by atoms with Gasteiger partial charge in [-0.2, -0.15) is 0 Å². The van der Waals surface area contributed by atoms with Crippen molar-refractivity contribution in [2.45, 2.75) is 84.0 Å². The first-order chi connectivity index (χ1) is 12.7. The van der Waals surface area contributed by atoms with Crippen molar-refractivity contribution < 1.29 is 19.1 Å². The Morgan fingerprint density at radius 1 is 1.11 bits per heavy atom. The van der Waals surface area contributed by atoms with Crippen molar-refractivity contribution >= 4 is 11.8 Å². The molecule has 148 valence electrons. The Morgan fingerprint density at radius 3 is 2.59 bits per heavy atom. The second-order valence-corrected chi connectivity index (χ2v) is 10.4. The lowest BCUT2D eigenvalue weighted by Crippen LogP contribution is -2.62. The third kappa shape index (κ3) is 2.08. The van der Waals surface area contributed by atoms with Crippen LogP contribution < -0.4 is 0 Å². The Morgan fingerprint density at radius 2 is 1.89 bits per heavy atom. The maximum atomic E-state index is 12.3. The molecule has 5 aliphatic rings. The average Bonchev–Trinajstić information content (AvgIpc) is 3.22. The van der Waals surface area contributed by atoms with Gasteiger partial charge in [-0.15, -0.1) is 0 Å². The molecule has 1 saturated heterocycles. The van der Waals surface area contributed by atoms with Gasteiger partial charge < -0.3 is 9.47 Å². The molecule has 0 radical (unpaired) electrons. The standard InChI is InChI=1S/C23H32O4/c1-13(24)16-7-8-17-15-12-20(26-14(2)25)23-19(27-23)6-5-10-22(23,4)18(15)9-11-21(16,17)3/h5-6,15-20H,7-12H2,1-4H3/t15-,16+,17-,18-,19+,20+,21+,22+,23-/m0/s1. The van der Waals surface area contributed by atoms with Crippen LogP contribution in [0.1, 0.15) is 66.2 Å². The highest BCUT2D eigenvalue weighted by atomic mass is 16.7. The number of hydrogen-bond donors (Lipinski definition) is 0. The molecule has 0 aromatic carbocycles. The summed E-state index contributed by atoms with van der Waals surface area (Å²) in [5.41, 5.74) is -0.186. The van der Waals surface area contributed by atoms with Crippen LogP contribution in [0.5, 0.6) is 0 Å². The van der Waals surface area contributed by atoms with E-state index in [4.69, 9.17) is 9.47 Å². The topological polar surface area (TPSA) is 55.9 Å². The van der Waals surface area contributed by atoms with Crippen molar-refractivity contribution in [1.82, 2.24) is 0 Å². The fourth-order valence-electron chi connectivity index (χ4n) is 8.32. The van der Waals surface area contributed by atoms with Gasteiger partial charge in [0, 0.05) is 18.3 Å². The summed E-state index contributed by atoms with van der Waals surface area (Å²) in [4.78, 5) is 24.2. The second-order valence-electron chi connectivity index (χ2n) is 10.4. The van der Waals surface area contributed by atoms with Gasteiger partial charge in [-0.3, -0.25) is 9.59 Å². The lowest BCUT2D eigenvalue weighted by atomic mass is 9.44. The molecule has 5 rings (SSSR count). The molecule has 1 spiro atoms. The molecule has 0 unspecified atom stereocenters. The van der Waals surface area contributed by atoms with Crippen molar-refractivity contribution in [3.05, 3.63) is 12.2 Å². The Bertz CT molecular complexity index is 728. The van der Waals surface area contributed by atoms with E-state index in [1.54, 1.807) is 6.92 Å². The van der Waals surface area contributed by atoms with Gasteiger partial charge in [0.25, 0.3) is 0 Å². The smallest absolute Gasteiger partial charge is 0.303 e. The number of allylic oxidation sites excluding steroid dienone is 1. The summed E-state index contributed by atoms with van der Waals surface area (Å²) >= 11 is 0. The zero-order chi connectivity index (χ0) is 19.2. The molecule has 0 aromatic heterocycles. The molecule has 9 atom stereocenters. The normalized spacial score (nSPS) is 55.0. The molecule has 0 bridgehead atoms. The number of hydrogen-bond acceptors (Lipinski definition) is 4. The molecule has 0 N–H and O–H groups in total. The van der Waals surface area contributed by atoms with Gasteiger partial charge in [0.1, 0.15) is 23.6 Å². The molecule has 0 aromatic rings. The molecule has 27 heavy (non-hydrogen) atoms. The van der Waals surface area contributed by atoms with E-state index in [0.717, 1.165) is 38.5 Å². The number of rotatable bonds is 2. The van der Waals surface area contributed by atoms with Gasteiger partial charge in [0.05, 0.1) is 0 Å². The van der Waals surface area contributed by atoms with Crippen LogP contribution in [0, 0.1) is 34.5 Å². The first kappa shape index (κ1) is 17.9. The van der Waals surface area contributed by atoms with Crippen LogP contribution in [0.25, 0.3) is 0 Å². The van der Waals surface area contributed by atoms with Crippen LogP contribution in [-0.2, 0) is 19.1 Å². The number of carbonyl (C=O) groups is 2. The molecule has 4 heteroatoms. The van der Waals surface area contributed by atoms with Crippen LogP contribution in [-0.4, -0.2) is 29.6 Å². The Balaban J connectivity index is 1.54. The van der Waals surface area contributed by atoms with Crippen molar-refractivity contribution in [1.29, 1.82) is 0 Å². The maximum Gasteiger partial charge on any atom is 0.303 e. The minimum atomic E-state index is -0.319. The number of carbonyl (C=O) groups excluding carboxylic acids is 2. The van der Waals surface area contributed by atoms with Crippen molar-refractivity contribution in [2.24, 2.45) is 34.5 Å². The van der Waals surface area contributed by atoms with E-state index >= 15 is 0 Å². The summed E-state index contributed by atoms with van der Waals surface area (Å²) in [6.45, 7) is 8.03. The number of esters is 1. The fraction of sp³-hybridized carbons (Fsp3) is 0.826.